The number of hydrogen-bond donors (Lipinski definition) is 1. The standard InChI is InChI=1S/C25H29ClFN5O/c1-16-14-19(10-11-20(16)26)28-23-22(17-6-8-18(27)9-7-17)29-24-25(2,3)32(13-12-30(4)5)21(33)15-31(23)24/h6-11,14,28H,12-13,15H2,1-5H3. The lowest BCUT2D eigenvalue weighted by molar-refractivity contribution is -0.140. The fourth-order valence-corrected chi connectivity index (χ4v) is 4.34. The maximum Gasteiger partial charge on any atom is 0.243 e. The summed E-state index contributed by atoms with van der Waals surface area (Å²) in [6, 6.07) is 11.9. The first-order valence-corrected chi connectivity index (χ1v) is 11.3. The minimum absolute atomic E-state index is 0.0349. The maximum absolute atomic E-state index is 13.6. The second kappa shape index (κ2) is 8.80. The van der Waals surface area contributed by atoms with E-state index in [1.165, 1.54) is 12.1 Å². The molecule has 1 amide bonds. The largest absolute Gasteiger partial charge is 0.340 e. The van der Waals surface area contributed by atoms with Gasteiger partial charge in [-0.15, -0.1) is 0 Å². The highest BCUT2D eigenvalue weighted by Crippen LogP contribution is 2.40. The van der Waals surface area contributed by atoms with E-state index in [0.717, 1.165) is 29.2 Å². The number of amides is 1. The van der Waals surface area contributed by atoms with Gasteiger partial charge in [0.1, 0.15) is 29.7 Å². The van der Waals surface area contributed by atoms with E-state index in [-0.39, 0.29) is 18.3 Å². The van der Waals surface area contributed by atoms with Crippen LogP contribution in [0.15, 0.2) is 42.5 Å². The third-order valence-corrected chi connectivity index (χ3v) is 6.52. The highest BCUT2D eigenvalue weighted by molar-refractivity contribution is 6.31. The van der Waals surface area contributed by atoms with Gasteiger partial charge in [-0.05, 0) is 82.9 Å². The molecule has 0 unspecified atom stereocenters. The van der Waals surface area contributed by atoms with E-state index in [1.807, 2.05) is 62.5 Å². The molecule has 2 aromatic carbocycles. The van der Waals surface area contributed by atoms with Gasteiger partial charge in [0.05, 0.1) is 5.54 Å². The number of fused-ring (bicyclic) bond motifs is 1. The van der Waals surface area contributed by atoms with Crippen LogP contribution in [0.25, 0.3) is 11.3 Å². The number of benzene rings is 2. The fraction of sp³-hybridized carbons (Fsp3) is 0.360. The highest BCUT2D eigenvalue weighted by Gasteiger charge is 2.42. The van der Waals surface area contributed by atoms with Crippen LogP contribution < -0.4 is 5.32 Å². The molecule has 6 nitrogen and oxygen atoms in total. The van der Waals surface area contributed by atoms with Gasteiger partial charge in [0.15, 0.2) is 0 Å². The number of imidazole rings is 1. The van der Waals surface area contributed by atoms with Crippen molar-refractivity contribution in [2.45, 2.75) is 32.9 Å². The van der Waals surface area contributed by atoms with Crippen molar-refractivity contribution in [2.24, 2.45) is 0 Å². The Labute approximate surface area is 199 Å². The Kier molecular flexibility index (Phi) is 6.20. The van der Waals surface area contributed by atoms with E-state index in [2.05, 4.69) is 10.2 Å². The zero-order chi connectivity index (χ0) is 23.9. The molecule has 1 aliphatic heterocycles. The summed E-state index contributed by atoms with van der Waals surface area (Å²) in [5.74, 6) is 1.21. The molecule has 0 fully saturated rings. The quantitative estimate of drug-likeness (QED) is 0.550. The Morgan fingerprint density at radius 2 is 1.88 bits per heavy atom. The van der Waals surface area contributed by atoms with Crippen LogP contribution in [0.4, 0.5) is 15.9 Å². The molecular weight excluding hydrogens is 441 g/mol. The first-order valence-electron chi connectivity index (χ1n) is 10.9. The summed E-state index contributed by atoms with van der Waals surface area (Å²) in [6.07, 6.45) is 0. The number of halogens is 2. The SMILES string of the molecule is Cc1cc(Nc2c(-c3ccc(F)cc3)nc3n2CC(=O)N(CCN(C)C)C3(C)C)ccc1Cl. The molecule has 0 atom stereocenters. The van der Waals surface area contributed by atoms with Crippen LogP contribution in [-0.2, 0) is 16.9 Å². The maximum atomic E-state index is 13.6. The number of aryl methyl sites for hydroxylation is 1. The van der Waals surface area contributed by atoms with Crippen molar-refractivity contribution in [2.75, 3.05) is 32.5 Å². The molecule has 33 heavy (non-hydrogen) atoms. The summed E-state index contributed by atoms with van der Waals surface area (Å²) in [7, 11) is 3.98. The monoisotopic (exact) mass is 469 g/mol. The molecule has 0 aliphatic carbocycles. The van der Waals surface area contributed by atoms with E-state index < -0.39 is 5.54 Å². The third-order valence-electron chi connectivity index (χ3n) is 6.09. The fourth-order valence-electron chi connectivity index (χ4n) is 4.23. The zero-order valence-electron chi connectivity index (χ0n) is 19.6. The predicted molar refractivity (Wildman–Crippen MR) is 130 cm³/mol. The van der Waals surface area contributed by atoms with E-state index in [1.54, 1.807) is 12.1 Å². The van der Waals surface area contributed by atoms with Crippen molar-refractivity contribution in [1.29, 1.82) is 0 Å². The van der Waals surface area contributed by atoms with Crippen LogP contribution in [0.1, 0.15) is 25.2 Å². The van der Waals surface area contributed by atoms with E-state index >= 15 is 0 Å². The first kappa shape index (κ1) is 23.3. The smallest absolute Gasteiger partial charge is 0.243 e. The Balaban J connectivity index is 1.84. The molecule has 0 radical (unpaired) electrons. The number of hydrogen-bond acceptors (Lipinski definition) is 4. The molecule has 1 aliphatic rings. The van der Waals surface area contributed by atoms with E-state index in [4.69, 9.17) is 16.6 Å². The molecule has 3 aromatic rings. The van der Waals surface area contributed by atoms with Crippen molar-refractivity contribution in [1.82, 2.24) is 19.4 Å². The number of anilines is 2. The van der Waals surface area contributed by atoms with Crippen molar-refractivity contribution < 1.29 is 9.18 Å². The Hall–Kier alpha value is -2.90. The van der Waals surface area contributed by atoms with Gasteiger partial charge in [0.2, 0.25) is 5.91 Å². The van der Waals surface area contributed by atoms with E-state index in [9.17, 15) is 9.18 Å². The number of aromatic nitrogens is 2. The molecule has 1 aromatic heterocycles. The molecule has 0 bridgehead atoms. The Morgan fingerprint density at radius 1 is 1.18 bits per heavy atom. The van der Waals surface area contributed by atoms with Crippen molar-refractivity contribution in [3.05, 3.63) is 64.7 Å². The van der Waals surface area contributed by atoms with Gasteiger partial charge >= 0.3 is 0 Å². The Bertz CT molecular complexity index is 1190. The summed E-state index contributed by atoms with van der Waals surface area (Å²) in [5.41, 5.74) is 2.61. The lowest BCUT2D eigenvalue weighted by Crippen LogP contribution is -2.54. The number of carbonyl (C=O) groups is 1. The topological polar surface area (TPSA) is 53.4 Å². The molecular formula is C25H29ClFN5O. The molecule has 0 spiro atoms. The number of rotatable bonds is 6. The van der Waals surface area contributed by atoms with Crippen LogP contribution in [0.2, 0.25) is 5.02 Å². The normalized spacial score (nSPS) is 15.2. The number of nitrogens with one attached hydrogen (secondary N) is 1. The molecule has 0 saturated heterocycles. The number of likely N-dealkylation sites (N-methyl/N-ethyl adjacent to an activating group) is 1. The molecule has 1 N–H and O–H groups in total. The summed E-state index contributed by atoms with van der Waals surface area (Å²) >= 11 is 6.21. The van der Waals surface area contributed by atoms with Crippen LogP contribution in [0.3, 0.4) is 0 Å². The number of nitrogens with zero attached hydrogens (tertiary/aromatic N) is 4. The molecule has 0 saturated carbocycles. The summed E-state index contributed by atoms with van der Waals surface area (Å²) in [6.45, 7) is 7.52. The van der Waals surface area contributed by atoms with Gasteiger partial charge in [0, 0.05) is 29.4 Å². The van der Waals surface area contributed by atoms with Gasteiger partial charge in [-0.3, -0.25) is 4.79 Å². The average Bonchev–Trinajstić information content (AvgIpc) is 3.09. The van der Waals surface area contributed by atoms with Gasteiger partial charge in [-0.25, -0.2) is 9.37 Å². The first-order chi connectivity index (χ1) is 15.6. The average molecular weight is 470 g/mol. The molecule has 174 valence electrons. The summed E-state index contributed by atoms with van der Waals surface area (Å²) < 4.78 is 15.6. The van der Waals surface area contributed by atoms with Crippen molar-refractivity contribution in [3.8, 4) is 11.3 Å². The van der Waals surface area contributed by atoms with Gasteiger partial charge in [-0.1, -0.05) is 11.6 Å². The van der Waals surface area contributed by atoms with Crippen LogP contribution in [0.5, 0.6) is 0 Å². The van der Waals surface area contributed by atoms with Crippen LogP contribution in [0, 0.1) is 12.7 Å². The molecule has 4 rings (SSSR count). The summed E-state index contributed by atoms with van der Waals surface area (Å²) in [5, 5.41) is 4.14. The lowest BCUT2D eigenvalue weighted by atomic mass is 9.98. The molecule has 8 heteroatoms. The second-order valence-electron chi connectivity index (χ2n) is 9.22. The molecule has 2 heterocycles. The van der Waals surface area contributed by atoms with Crippen LogP contribution in [-0.4, -0.2) is 52.4 Å². The third kappa shape index (κ3) is 4.48. The Morgan fingerprint density at radius 3 is 2.52 bits per heavy atom. The second-order valence-corrected chi connectivity index (χ2v) is 9.63. The lowest BCUT2D eigenvalue weighted by Gasteiger charge is -2.42. The van der Waals surface area contributed by atoms with E-state index in [0.29, 0.717) is 23.1 Å². The van der Waals surface area contributed by atoms with Crippen molar-refractivity contribution >= 4 is 29.0 Å². The van der Waals surface area contributed by atoms with Gasteiger partial charge in [-0.2, -0.15) is 0 Å². The highest BCUT2D eigenvalue weighted by atomic mass is 35.5. The minimum Gasteiger partial charge on any atom is -0.340 e. The number of carbonyl (C=O) groups excluding carboxylic acids is 1. The minimum atomic E-state index is -0.615. The van der Waals surface area contributed by atoms with Crippen LogP contribution >= 0.6 is 11.6 Å². The van der Waals surface area contributed by atoms with Gasteiger partial charge in [0.25, 0.3) is 0 Å². The van der Waals surface area contributed by atoms with Crippen molar-refractivity contribution in [3.63, 3.8) is 0 Å². The predicted octanol–water partition coefficient (Wildman–Crippen LogP) is 5.03. The summed E-state index contributed by atoms with van der Waals surface area (Å²) in [4.78, 5) is 22.2. The van der Waals surface area contributed by atoms with Gasteiger partial charge < -0.3 is 19.7 Å². The zero-order valence-corrected chi connectivity index (χ0v) is 20.4.